The van der Waals surface area contributed by atoms with Gasteiger partial charge in [0.1, 0.15) is 18.8 Å². The van der Waals surface area contributed by atoms with E-state index in [9.17, 15) is 19.1 Å². The molecule has 1 saturated carbocycles. The Kier molecular flexibility index (Phi) is 6.54. The largest absolute Gasteiger partial charge is 0.467 e. The summed E-state index contributed by atoms with van der Waals surface area (Å²) < 4.78 is 23.1. The molecular weight excluding hydrogens is 317 g/mol. The van der Waals surface area contributed by atoms with Crippen LogP contribution in [0, 0.1) is 5.92 Å². The van der Waals surface area contributed by atoms with E-state index in [2.05, 4.69) is 10.1 Å². The number of ether oxygens (including phenoxy) is 2. The molecule has 0 radical (unpaired) electrons. The first-order valence-electron chi connectivity index (χ1n) is 7.86. The van der Waals surface area contributed by atoms with E-state index in [0.717, 1.165) is 5.56 Å². The minimum atomic E-state index is -1.29. The summed E-state index contributed by atoms with van der Waals surface area (Å²) in [5.74, 6) is -0.822. The number of amides is 1. The molecular formula is C17H22FNO5. The summed E-state index contributed by atoms with van der Waals surface area (Å²) in [6.45, 7) is 0.0786. The second-order valence-corrected chi connectivity index (χ2v) is 5.94. The Balaban J connectivity index is 1.86. The number of aliphatic hydroxyl groups is 1. The number of esters is 1. The van der Waals surface area contributed by atoms with Crippen LogP contribution in [-0.4, -0.2) is 42.6 Å². The Bertz CT molecular complexity index is 543. The van der Waals surface area contributed by atoms with Crippen molar-refractivity contribution in [3.63, 3.8) is 0 Å². The normalized spacial score (nSPS) is 24.2. The van der Waals surface area contributed by atoms with Crippen molar-refractivity contribution in [1.82, 2.24) is 5.32 Å². The lowest BCUT2D eigenvalue weighted by Crippen LogP contribution is -2.42. The first-order chi connectivity index (χ1) is 11.5. The number of rotatable bonds is 6. The number of carbonyl (C=O) groups is 2. The predicted octanol–water partition coefficient (Wildman–Crippen LogP) is 1.95. The van der Waals surface area contributed by atoms with Crippen LogP contribution in [0.15, 0.2) is 30.3 Å². The van der Waals surface area contributed by atoms with Crippen LogP contribution in [0.1, 0.15) is 24.8 Å². The van der Waals surface area contributed by atoms with Crippen LogP contribution in [0.3, 0.4) is 0 Å². The number of hydrogen-bond acceptors (Lipinski definition) is 5. The summed E-state index contributed by atoms with van der Waals surface area (Å²) in [5, 5.41) is 11.9. The van der Waals surface area contributed by atoms with E-state index in [1.165, 1.54) is 7.11 Å². The SMILES string of the molecule is COC(=O)C(CC1CC(O)C(F)C1)NC(=O)OCc1ccccc1. The first-order valence-corrected chi connectivity index (χ1v) is 7.86. The van der Waals surface area contributed by atoms with Crippen molar-refractivity contribution in [2.45, 2.75) is 44.2 Å². The highest BCUT2D eigenvalue weighted by Crippen LogP contribution is 2.31. The van der Waals surface area contributed by atoms with E-state index in [1.54, 1.807) is 0 Å². The lowest BCUT2D eigenvalue weighted by molar-refractivity contribution is -0.143. The average molecular weight is 339 g/mol. The van der Waals surface area contributed by atoms with Gasteiger partial charge in [-0.1, -0.05) is 30.3 Å². The van der Waals surface area contributed by atoms with Crippen LogP contribution in [-0.2, 0) is 20.9 Å². The molecule has 0 bridgehead atoms. The quantitative estimate of drug-likeness (QED) is 0.774. The van der Waals surface area contributed by atoms with Gasteiger partial charge in [-0.05, 0) is 30.7 Å². The molecule has 4 unspecified atom stereocenters. The van der Waals surface area contributed by atoms with Crippen LogP contribution < -0.4 is 5.32 Å². The Morgan fingerprint density at radius 1 is 1.33 bits per heavy atom. The second-order valence-electron chi connectivity index (χ2n) is 5.94. The van der Waals surface area contributed by atoms with E-state index in [1.807, 2.05) is 30.3 Å². The van der Waals surface area contributed by atoms with Crippen molar-refractivity contribution >= 4 is 12.1 Å². The Morgan fingerprint density at radius 2 is 2.04 bits per heavy atom. The van der Waals surface area contributed by atoms with E-state index < -0.39 is 30.4 Å². The molecule has 1 aliphatic rings. The van der Waals surface area contributed by atoms with Crippen LogP contribution in [0.4, 0.5) is 9.18 Å². The molecule has 0 heterocycles. The molecule has 0 spiro atoms. The fourth-order valence-electron chi connectivity index (χ4n) is 2.85. The molecule has 24 heavy (non-hydrogen) atoms. The summed E-state index contributed by atoms with van der Waals surface area (Å²) in [4.78, 5) is 23.7. The summed E-state index contributed by atoms with van der Waals surface area (Å²) in [7, 11) is 1.22. The maximum Gasteiger partial charge on any atom is 0.408 e. The van der Waals surface area contributed by atoms with Gasteiger partial charge >= 0.3 is 12.1 Å². The van der Waals surface area contributed by atoms with Crippen molar-refractivity contribution < 1.29 is 28.6 Å². The fourth-order valence-corrected chi connectivity index (χ4v) is 2.85. The summed E-state index contributed by atoms with van der Waals surface area (Å²) in [6.07, 6.45) is -2.43. The van der Waals surface area contributed by atoms with E-state index >= 15 is 0 Å². The highest BCUT2D eigenvalue weighted by molar-refractivity contribution is 5.81. The van der Waals surface area contributed by atoms with Gasteiger partial charge in [0, 0.05) is 0 Å². The number of alkyl halides is 1. The number of benzene rings is 1. The second kappa shape index (κ2) is 8.63. The number of nitrogens with one attached hydrogen (secondary N) is 1. The maximum absolute atomic E-state index is 13.4. The molecule has 2 rings (SSSR count). The van der Waals surface area contributed by atoms with Crippen LogP contribution in [0.25, 0.3) is 0 Å². The Morgan fingerprint density at radius 3 is 2.62 bits per heavy atom. The number of carbonyl (C=O) groups excluding carboxylic acids is 2. The zero-order valence-electron chi connectivity index (χ0n) is 13.5. The third-order valence-corrected chi connectivity index (χ3v) is 4.11. The number of aliphatic hydroxyl groups excluding tert-OH is 1. The molecule has 0 aromatic heterocycles. The van der Waals surface area contributed by atoms with Crippen LogP contribution >= 0.6 is 0 Å². The molecule has 2 N–H and O–H groups in total. The molecule has 1 aromatic rings. The van der Waals surface area contributed by atoms with E-state index in [-0.39, 0.29) is 31.8 Å². The Hall–Kier alpha value is -2.15. The monoisotopic (exact) mass is 339 g/mol. The topological polar surface area (TPSA) is 84.9 Å². The van der Waals surface area contributed by atoms with Crippen molar-refractivity contribution in [3.8, 4) is 0 Å². The first kappa shape index (κ1) is 18.2. The van der Waals surface area contributed by atoms with Gasteiger partial charge in [-0.15, -0.1) is 0 Å². The van der Waals surface area contributed by atoms with Crippen molar-refractivity contribution in [2.24, 2.45) is 5.92 Å². The highest BCUT2D eigenvalue weighted by Gasteiger charge is 2.36. The molecule has 132 valence electrons. The summed E-state index contributed by atoms with van der Waals surface area (Å²) in [6, 6.07) is 8.20. The minimum Gasteiger partial charge on any atom is -0.467 e. The molecule has 0 saturated heterocycles. The van der Waals surface area contributed by atoms with E-state index in [4.69, 9.17) is 4.74 Å². The lowest BCUT2D eigenvalue weighted by atomic mass is 9.98. The highest BCUT2D eigenvalue weighted by atomic mass is 19.1. The molecule has 6 nitrogen and oxygen atoms in total. The van der Waals surface area contributed by atoms with Gasteiger partial charge in [0.25, 0.3) is 0 Å². The Labute approximate surface area is 139 Å². The third kappa shape index (κ3) is 5.19. The molecule has 0 aliphatic heterocycles. The lowest BCUT2D eigenvalue weighted by Gasteiger charge is -2.19. The number of methoxy groups -OCH3 is 1. The van der Waals surface area contributed by atoms with Gasteiger partial charge in [-0.2, -0.15) is 0 Å². The van der Waals surface area contributed by atoms with Gasteiger partial charge in [0.05, 0.1) is 13.2 Å². The zero-order chi connectivity index (χ0) is 17.5. The molecule has 1 fully saturated rings. The molecule has 1 aliphatic carbocycles. The van der Waals surface area contributed by atoms with Crippen molar-refractivity contribution in [2.75, 3.05) is 7.11 Å². The molecule has 4 atom stereocenters. The third-order valence-electron chi connectivity index (χ3n) is 4.11. The van der Waals surface area contributed by atoms with E-state index in [0.29, 0.717) is 0 Å². The number of hydrogen-bond donors (Lipinski definition) is 2. The maximum atomic E-state index is 13.4. The summed E-state index contributed by atoms with van der Waals surface area (Å²) >= 11 is 0. The number of alkyl carbamates (subject to hydrolysis) is 1. The van der Waals surface area contributed by atoms with Gasteiger partial charge in [0.2, 0.25) is 0 Å². The average Bonchev–Trinajstić information content (AvgIpc) is 2.90. The zero-order valence-corrected chi connectivity index (χ0v) is 13.5. The predicted molar refractivity (Wildman–Crippen MR) is 83.8 cm³/mol. The number of halogens is 1. The van der Waals surface area contributed by atoms with Crippen molar-refractivity contribution in [3.05, 3.63) is 35.9 Å². The van der Waals surface area contributed by atoms with Gasteiger partial charge in [-0.25, -0.2) is 14.0 Å². The van der Waals surface area contributed by atoms with Gasteiger partial charge < -0.3 is 19.9 Å². The van der Waals surface area contributed by atoms with Crippen LogP contribution in [0.5, 0.6) is 0 Å². The van der Waals surface area contributed by atoms with Gasteiger partial charge in [-0.3, -0.25) is 0 Å². The van der Waals surface area contributed by atoms with Crippen LogP contribution in [0.2, 0.25) is 0 Å². The molecule has 1 amide bonds. The van der Waals surface area contributed by atoms with Gasteiger partial charge in [0.15, 0.2) is 0 Å². The van der Waals surface area contributed by atoms with Crippen molar-refractivity contribution in [1.29, 1.82) is 0 Å². The molecule has 7 heteroatoms. The minimum absolute atomic E-state index is 0.0786. The summed E-state index contributed by atoms with van der Waals surface area (Å²) in [5.41, 5.74) is 0.821. The standard InChI is InChI=1S/C17H22FNO5/c1-23-16(21)14(8-12-7-13(18)15(20)9-12)19-17(22)24-10-11-5-3-2-4-6-11/h2-6,12-15,20H,7-10H2,1H3,(H,19,22). The molecule has 1 aromatic carbocycles. The smallest absolute Gasteiger partial charge is 0.408 e. The fraction of sp³-hybridized carbons (Fsp3) is 0.529.